The molecular weight excluding hydrogens is 242 g/mol. The largest absolute Gasteiger partial charge is 0.424 e. The number of nitrogens with zero attached hydrogens (tertiary/aromatic N) is 4. The first kappa shape index (κ1) is 12.3. The third-order valence-corrected chi connectivity index (χ3v) is 3.53. The van der Waals surface area contributed by atoms with Gasteiger partial charge in [-0.15, -0.1) is 10.2 Å². The standard InChI is InChI=1S/C13H19N5O/c1-8-12(6-14-11-4-5-11)9(2)18(17-8)7-13-16-15-10(3)19-13/h11,14H,4-7H2,1-3H3. The van der Waals surface area contributed by atoms with Crippen molar-refractivity contribution in [1.82, 2.24) is 25.3 Å². The number of rotatable bonds is 5. The van der Waals surface area contributed by atoms with Gasteiger partial charge in [0.2, 0.25) is 11.8 Å². The molecule has 1 fully saturated rings. The van der Waals surface area contributed by atoms with Crippen LogP contribution in [0.25, 0.3) is 0 Å². The molecule has 6 nitrogen and oxygen atoms in total. The minimum absolute atomic E-state index is 0.539. The molecule has 0 aliphatic heterocycles. The van der Waals surface area contributed by atoms with Crippen molar-refractivity contribution in [2.45, 2.75) is 52.7 Å². The summed E-state index contributed by atoms with van der Waals surface area (Å²) in [6, 6.07) is 0.709. The Morgan fingerprint density at radius 1 is 1.26 bits per heavy atom. The Bertz CT molecular complexity index is 582. The van der Waals surface area contributed by atoms with Crippen LogP contribution < -0.4 is 5.32 Å². The van der Waals surface area contributed by atoms with Gasteiger partial charge in [0.05, 0.1) is 5.69 Å². The van der Waals surface area contributed by atoms with Gasteiger partial charge in [-0.05, 0) is 26.7 Å². The van der Waals surface area contributed by atoms with Gasteiger partial charge >= 0.3 is 0 Å². The molecule has 1 N–H and O–H groups in total. The summed E-state index contributed by atoms with van der Waals surface area (Å²) < 4.78 is 7.34. The van der Waals surface area contributed by atoms with Crippen molar-refractivity contribution in [3.05, 3.63) is 28.7 Å². The van der Waals surface area contributed by atoms with Gasteiger partial charge in [-0.1, -0.05) is 0 Å². The fourth-order valence-corrected chi connectivity index (χ4v) is 2.21. The number of hydrogen-bond donors (Lipinski definition) is 1. The highest BCUT2D eigenvalue weighted by molar-refractivity contribution is 5.24. The molecular formula is C13H19N5O. The minimum atomic E-state index is 0.539. The van der Waals surface area contributed by atoms with Crippen LogP contribution in [0.3, 0.4) is 0 Å². The molecule has 1 aliphatic carbocycles. The maximum Gasteiger partial charge on any atom is 0.237 e. The van der Waals surface area contributed by atoms with Crippen LogP contribution in [0, 0.1) is 20.8 Å². The lowest BCUT2D eigenvalue weighted by molar-refractivity contribution is 0.441. The molecule has 0 atom stereocenters. The highest BCUT2D eigenvalue weighted by Crippen LogP contribution is 2.21. The zero-order chi connectivity index (χ0) is 13.4. The summed E-state index contributed by atoms with van der Waals surface area (Å²) in [5, 5.41) is 15.9. The van der Waals surface area contributed by atoms with E-state index >= 15 is 0 Å². The fourth-order valence-electron chi connectivity index (χ4n) is 2.21. The summed E-state index contributed by atoms with van der Waals surface area (Å²) in [4.78, 5) is 0. The average molecular weight is 261 g/mol. The molecule has 0 radical (unpaired) electrons. The number of nitrogens with one attached hydrogen (secondary N) is 1. The van der Waals surface area contributed by atoms with E-state index in [1.807, 2.05) is 11.6 Å². The maximum absolute atomic E-state index is 5.40. The van der Waals surface area contributed by atoms with Crippen LogP contribution >= 0.6 is 0 Å². The molecule has 2 aromatic heterocycles. The van der Waals surface area contributed by atoms with E-state index in [-0.39, 0.29) is 0 Å². The zero-order valence-corrected chi connectivity index (χ0v) is 11.6. The first-order valence-corrected chi connectivity index (χ1v) is 6.68. The summed E-state index contributed by atoms with van der Waals surface area (Å²) in [5.41, 5.74) is 3.52. The quantitative estimate of drug-likeness (QED) is 0.883. The third-order valence-electron chi connectivity index (χ3n) is 3.53. The van der Waals surface area contributed by atoms with E-state index in [2.05, 4.69) is 27.5 Å². The van der Waals surface area contributed by atoms with E-state index in [0.717, 1.165) is 12.2 Å². The Morgan fingerprint density at radius 3 is 2.68 bits per heavy atom. The van der Waals surface area contributed by atoms with Crippen LogP contribution in [0.15, 0.2) is 4.42 Å². The van der Waals surface area contributed by atoms with Gasteiger partial charge in [0.25, 0.3) is 0 Å². The van der Waals surface area contributed by atoms with Crippen LogP contribution in [-0.4, -0.2) is 26.0 Å². The number of aromatic nitrogens is 4. The first-order chi connectivity index (χ1) is 9.13. The molecule has 2 aromatic rings. The SMILES string of the molecule is Cc1nnc(Cn2nc(C)c(CNC3CC3)c2C)o1. The van der Waals surface area contributed by atoms with Crippen molar-refractivity contribution in [2.75, 3.05) is 0 Å². The lowest BCUT2D eigenvalue weighted by Gasteiger charge is -2.04. The molecule has 2 heterocycles. The lowest BCUT2D eigenvalue weighted by Crippen LogP contribution is -2.16. The van der Waals surface area contributed by atoms with E-state index in [9.17, 15) is 0 Å². The van der Waals surface area contributed by atoms with E-state index in [4.69, 9.17) is 4.42 Å². The first-order valence-electron chi connectivity index (χ1n) is 6.68. The molecule has 0 spiro atoms. The predicted octanol–water partition coefficient (Wildman–Crippen LogP) is 1.49. The van der Waals surface area contributed by atoms with E-state index in [1.165, 1.54) is 24.1 Å². The van der Waals surface area contributed by atoms with Gasteiger partial charge in [0.15, 0.2) is 0 Å². The summed E-state index contributed by atoms with van der Waals surface area (Å²) >= 11 is 0. The average Bonchev–Trinajstić information content (AvgIpc) is 3.05. The second kappa shape index (κ2) is 4.77. The maximum atomic E-state index is 5.40. The van der Waals surface area contributed by atoms with Gasteiger partial charge in [-0.25, -0.2) is 0 Å². The highest BCUT2D eigenvalue weighted by Gasteiger charge is 2.22. The zero-order valence-electron chi connectivity index (χ0n) is 11.6. The molecule has 0 saturated heterocycles. The molecule has 0 unspecified atom stereocenters. The molecule has 0 bridgehead atoms. The van der Waals surface area contributed by atoms with Crippen molar-refractivity contribution >= 4 is 0 Å². The second-order valence-corrected chi connectivity index (χ2v) is 5.18. The summed E-state index contributed by atoms with van der Waals surface area (Å²) in [6.07, 6.45) is 2.60. The normalized spacial score (nSPS) is 15.1. The predicted molar refractivity (Wildman–Crippen MR) is 69.7 cm³/mol. The molecule has 1 saturated carbocycles. The monoisotopic (exact) mass is 261 g/mol. The van der Waals surface area contributed by atoms with Crippen LogP contribution in [0.4, 0.5) is 0 Å². The van der Waals surface area contributed by atoms with E-state index in [1.54, 1.807) is 6.92 Å². The minimum Gasteiger partial charge on any atom is -0.424 e. The topological polar surface area (TPSA) is 68.8 Å². The third kappa shape index (κ3) is 2.68. The Morgan fingerprint density at radius 2 is 2.05 bits per heavy atom. The van der Waals surface area contributed by atoms with Gasteiger partial charge in [0, 0.05) is 30.8 Å². The molecule has 6 heteroatoms. The Kier molecular flexibility index (Phi) is 3.10. The Labute approximate surface area is 112 Å². The van der Waals surface area contributed by atoms with Crippen molar-refractivity contribution in [1.29, 1.82) is 0 Å². The Hall–Kier alpha value is -1.69. The molecule has 19 heavy (non-hydrogen) atoms. The van der Waals surface area contributed by atoms with Crippen molar-refractivity contribution in [3.8, 4) is 0 Å². The van der Waals surface area contributed by atoms with Gasteiger partial charge < -0.3 is 9.73 Å². The summed E-state index contributed by atoms with van der Waals surface area (Å²) in [6.45, 7) is 7.37. The molecule has 0 aromatic carbocycles. The van der Waals surface area contributed by atoms with Crippen LogP contribution in [0.2, 0.25) is 0 Å². The van der Waals surface area contributed by atoms with Gasteiger partial charge in [0.1, 0.15) is 6.54 Å². The van der Waals surface area contributed by atoms with Crippen molar-refractivity contribution in [2.24, 2.45) is 0 Å². The Balaban J connectivity index is 1.75. The summed E-state index contributed by atoms with van der Waals surface area (Å²) in [7, 11) is 0. The second-order valence-electron chi connectivity index (χ2n) is 5.18. The molecule has 3 rings (SSSR count). The fraction of sp³-hybridized carbons (Fsp3) is 0.615. The number of aryl methyl sites for hydroxylation is 2. The van der Waals surface area contributed by atoms with Crippen LogP contribution in [0.1, 0.15) is 41.6 Å². The van der Waals surface area contributed by atoms with Gasteiger partial charge in [-0.3, -0.25) is 4.68 Å². The van der Waals surface area contributed by atoms with E-state index in [0.29, 0.717) is 24.4 Å². The number of hydrogen-bond acceptors (Lipinski definition) is 5. The summed E-state index contributed by atoms with van der Waals surface area (Å²) in [5.74, 6) is 1.19. The lowest BCUT2D eigenvalue weighted by atomic mass is 10.2. The van der Waals surface area contributed by atoms with Gasteiger partial charge in [-0.2, -0.15) is 5.10 Å². The van der Waals surface area contributed by atoms with Crippen LogP contribution in [0.5, 0.6) is 0 Å². The smallest absolute Gasteiger partial charge is 0.237 e. The van der Waals surface area contributed by atoms with E-state index < -0.39 is 0 Å². The van der Waals surface area contributed by atoms with Crippen molar-refractivity contribution in [3.63, 3.8) is 0 Å². The van der Waals surface area contributed by atoms with Crippen molar-refractivity contribution < 1.29 is 4.42 Å². The molecule has 0 amide bonds. The van der Waals surface area contributed by atoms with Crippen LogP contribution in [-0.2, 0) is 13.1 Å². The molecule has 1 aliphatic rings. The molecule has 102 valence electrons. The highest BCUT2D eigenvalue weighted by atomic mass is 16.4.